The van der Waals surface area contributed by atoms with Crippen LogP contribution in [0.2, 0.25) is 0 Å². The molecule has 0 saturated heterocycles. The van der Waals surface area contributed by atoms with Gasteiger partial charge in [0, 0.05) is 24.7 Å². The fraction of sp³-hybridized carbons (Fsp3) is 0.200. The van der Waals surface area contributed by atoms with Crippen LogP contribution in [0.15, 0.2) is 47.5 Å². The number of carbonyl (C=O) groups is 1. The number of pyridine rings is 1. The van der Waals surface area contributed by atoms with Gasteiger partial charge in [0.2, 0.25) is 0 Å². The molecule has 1 aromatic carbocycles. The molecule has 5 heteroatoms. The molecule has 0 saturated carbocycles. The normalized spacial score (nSPS) is 10.3. The van der Waals surface area contributed by atoms with E-state index in [1.54, 1.807) is 42.0 Å². The van der Waals surface area contributed by atoms with Crippen molar-refractivity contribution in [2.24, 2.45) is 0 Å². The largest absolute Gasteiger partial charge is 0.352 e. The van der Waals surface area contributed by atoms with E-state index in [1.807, 2.05) is 18.4 Å². The molecule has 3 nitrogen and oxygen atoms in total. The van der Waals surface area contributed by atoms with Crippen molar-refractivity contribution >= 4 is 29.9 Å². The van der Waals surface area contributed by atoms with E-state index in [-0.39, 0.29) is 5.91 Å². The maximum atomic E-state index is 12.3. The summed E-state index contributed by atoms with van der Waals surface area (Å²) < 4.78 is 0.474. The van der Waals surface area contributed by atoms with Gasteiger partial charge >= 0.3 is 0 Å². The third kappa shape index (κ3) is 3.49. The molecule has 1 aromatic heterocycles. The van der Waals surface area contributed by atoms with E-state index in [1.165, 1.54) is 4.90 Å². The number of aromatic nitrogens is 1. The van der Waals surface area contributed by atoms with Crippen LogP contribution in [0.25, 0.3) is 0 Å². The van der Waals surface area contributed by atoms with E-state index in [0.717, 1.165) is 5.56 Å². The molecule has 20 heavy (non-hydrogen) atoms. The fourth-order valence-corrected chi connectivity index (χ4v) is 2.50. The number of hydrogen-bond donors (Lipinski definition) is 1. The quantitative estimate of drug-likeness (QED) is 0.690. The van der Waals surface area contributed by atoms with Crippen molar-refractivity contribution in [1.82, 2.24) is 9.88 Å². The third-order valence-electron chi connectivity index (χ3n) is 2.97. The van der Waals surface area contributed by atoms with Gasteiger partial charge in [0.25, 0.3) is 5.91 Å². The summed E-state index contributed by atoms with van der Waals surface area (Å²) in [5.74, 6) is -0.0687. The summed E-state index contributed by atoms with van der Waals surface area (Å²) in [6, 6.07) is 11.7. The van der Waals surface area contributed by atoms with Gasteiger partial charge in [-0.1, -0.05) is 24.4 Å². The molecule has 0 aliphatic heterocycles. The van der Waals surface area contributed by atoms with Gasteiger partial charge < -0.3 is 9.88 Å². The van der Waals surface area contributed by atoms with Crippen molar-refractivity contribution in [3.8, 4) is 0 Å². The minimum Gasteiger partial charge on any atom is -0.352 e. The number of amides is 1. The van der Waals surface area contributed by atoms with Crippen LogP contribution in [0.5, 0.6) is 0 Å². The molecule has 0 fully saturated rings. The van der Waals surface area contributed by atoms with Gasteiger partial charge in [-0.3, -0.25) is 4.79 Å². The minimum absolute atomic E-state index is 0.0687. The zero-order chi connectivity index (χ0) is 14.5. The second-order valence-corrected chi connectivity index (χ2v) is 5.71. The molecular formula is C15H16N2OS2. The average Bonchev–Trinajstić information content (AvgIpc) is 2.48. The van der Waals surface area contributed by atoms with Crippen LogP contribution in [0, 0.1) is 4.64 Å². The van der Waals surface area contributed by atoms with E-state index < -0.39 is 0 Å². The zero-order valence-corrected chi connectivity index (χ0v) is 13.1. The highest BCUT2D eigenvalue weighted by molar-refractivity contribution is 7.98. The first-order chi connectivity index (χ1) is 9.61. The summed E-state index contributed by atoms with van der Waals surface area (Å²) >= 11 is 6.84. The molecular weight excluding hydrogens is 288 g/mol. The number of nitrogens with zero attached hydrogens (tertiary/aromatic N) is 1. The lowest BCUT2D eigenvalue weighted by atomic mass is 10.2. The van der Waals surface area contributed by atoms with Crippen molar-refractivity contribution < 1.29 is 4.79 Å². The van der Waals surface area contributed by atoms with Gasteiger partial charge in [0.05, 0.1) is 5.56 Å². The number of carbonyl (C=O) groups excluding carboxylic acids is 1. The Morgan fingerprint density at radius 1 is 1.30 bits per heavy atom. The summed E-state index contributed by atoms with van der Waals surface area (Å²) in [5, 5.41) is 0. The van der Waals surface area contributed by atoms with E-state index in [0.29, 0.717) is 16.7 Å². The van der Waals surface area contributed by atoms with Gasteiger partial charge in [0.15, 0.2) is 0 Å². The minimum atomic E-state index is -0.0687. The maximum absolute atomic E-state index is 12.3. The SMILES string of the molecule is CSc1ccc(CN(C)C(=O)c2ccc[nH]c2=S)cc1. The molecule has 0 bridgehead atoms. The molecule has 1 heterocycles. The summed E-state index contributed by atoms with van der Waals surface area (Å²) in [6.07, 6.45) is 3.77. The topological polar surface area (TPSA) is 36.1 Å². The Labute approximate surface area is 128 Å². The van der Waals surface area contributed by atoms with E-state index in [9.17, 15) is 4.79 Å². The maximum Gasteiger partial charge on any atom is 0.256 e. The Morgan fingerprint density at radius 3 is 2.60 bits per heavy atom. The Hall–Kier alpha value is -1.59. The van der Waals surface area contributed by atoms with Gasteiger partial charge in [0.1, 0.15) is 4.64 Å². The predicted molar refractivity (Wildman–Crippen MR) is 85.6 cm³/mol. The Morgan fingerprint density at radius 2 is 2.00 bits per heavy atom. The number of hydrogen-bond acceptors (Lipinski definition) is 3. The van der Waals surface area contributed by atoms with Crippen molar-refractivity contribution in [2.45, 2.75) is 11.4 Å². The summed E-state index contributed by atoms with van der Waals surface area (Å²) in [7, 11) is 1.78. The van der Waals surface area contributed by atoms with Crippen LogP contribution in [-0.4, -0.2) is 29.1 Å². The lowest BCUT2D eigenvalue weighted by Gasteiger charge is -2.17. The van der Waals surface area contributed by atoms with Crippen LogP contribution < -0.4 is 0 Å². The van der Waals surface area contributed by atoms with Crippen molar-refractivity contribution in [1.29, 1.82) is 0 Å². The predicted octanol–water partition coefficient (Wildman–Crippen LogP) is 3.74. The van der Waals surface area contributed by atoms with Gasteiger partial charge in [-0.05, 0) is 36.1 Å². The lowest BCUT2D eigenvalue weighted by molar-refractivity contribution is 0.0784. The van der Waals surface area contributed by atoms with Crippen molar-refractivity contribution in [3.63, 3.8) is 0 Å². The summed E-state index contributed by atoms with van der Waals surface area (Å²) in [6.45, 7) is 0.567. The van der Waals surface area contributed by atoms with Crippen molar-refractivity contribution in [2.75, 3.05) is 13.3 Å². The highest BCUT2D eigenvalue weighted by Crippen LogP contribution is 2.16. The fourth-order valence-electron chi connectivity index (χ4n) is 1.87. The van der Waals surface area contributed by atoms with E-state index >= 15 is 0 Å². The first-order valence-corrected chi connectivity index (χ1v) is 7.81. The molecule has 0 aliphatic carbocycles. The molecule has 1 N–H and O–H groups in total. The summed E-state index contributed by atoms with van der Waals surface area (Å²) in [5.41, 5.74) is 1.63. The smallest absolute Gasteiger partial charge is 0.256 e. The highest BCUT2D eigenvalue weighted by atomic mass is 32.2. The zero-order valence-electron chi connectivity index (χ0n) is 11.4. The van der Waals surface area contributed by atoms with Crippen LogP contribution in [-0.2, 0) is 6.54 Å². The van der Waals surface area contributed by atoms with Gasteiger partial charge in [-0.15, -0.1) is 11.8 Å². The first kappa shape index (κ1) is 14.8. The molecule has 104 valence electrons. The van der Waals surface area contributed by atoms with Crippen LogP contribution in [0.1, 0.15) is 15.9 Å². The monoisotopic (exact) mass is 304 g/mol. The standard InChI is InChI=1S/C15H16N2OS2/c1-17(10-11-5-7-12(20-2)8-6-11)15(18)13-4-3-9-16-14(13)19/h3-9H,10H2,1-2H3,(H,16,19). The van der Waals surface area contributed by atoms with Crippen LogP contribution in [0.3, 0.4) is 0 Å². The Bertz CT molecular complexity index is 649. The number of aromatic amines is 1. The van der Waals surface area contributed by atoms with E-state index in [4.69, 9.17) is 12.2 Å². The third-order valence-corrected chi connectivity index (χ3v) is 4.06. The Kier molecular flexibility index (Phi) is 4.98. The number of nitrogens with one attached hydrogen (secondary N) is 1. The number of H-pyrrole nitrogens is 1. The first-order valence-electron chi connectivity index (χ1n) is 6.18. The molecule has 2 rings (SSSR count). The average molecular weight is 304 g/mol. The molecule has 0 atom stereocenters. The number of rotatable bonds is 4. The number of benzene rings is 1. The molecule has 0 spiro atoms. The number of thioether (sulfide) groups is 1. The van der Waals surface area contributed by atoms with Gasteiger partial charge in [-0.25, -0.2) is 0 Å². The van der Waals surface area contributed by atoms with E-state index in [2.05, 4.69) is 17.1 Å². The lowest BCUT2D eigenvalue weighted by Crippen LogP contribution is -2.26. The van der Waals surface area contributed by atoms with Gasteiger partial charge in [-0.2, -0.15) is 0 Å². The second kappa shape index (κ2) is 6.72. The van der Waals surface area contributed by atoms with Crippen LogP contribution in [0.4, 0.5) is 0 Å². The highest BCUT2D eigenvalue weighted by Gasteiger charge is 2.13. The second-order valence-electron chi connectivity index (χ2n) is 4.42. The molecule has 0 unspecified atom stereocenters. The molecule has 0 radical (unpaired) electrons. The summed E-state index contributed by atoms with van der Waals surface area (Å²) in [4.78, 5) is 18.1. The van der Waals surface area contributed by atoms with Crippen LogP contribution >= 0.6 is 24.0 Å². The van der Waals surface area contributed by atoms with Crippen molar-refractivity contribution in [3.05, 3.63) is 58.4 Å². The molecule has 1 amide bonds. The Balaban J connectivity index is 2.11. The molecule has 0 aliphatic rings. The molecule has 2 aromatic rings.